The molecule has 13 rings (SSSR count). The van der Waals surface area contributed by atoms with E-state index in [9.17, 15) is 0 Å². The topological polar surface area (TPSA) is 13.1 Å². The Morgan fingerprint density at radius 1 is 0.300 bits per heavy atom. The average Bonchev–Trinajstić information content (AvgIpc) is 3.84. The molecule has 0 saturated carbocycles. The van der Waals surface area contributed by atoms with Gasteiger partial charge >= 0.3 is 0 Å². The van der Waals surface area contributed by atoms with Gasteiger partial charge in [0.05, 0.1) is 5.41 Å². The second kappa shape index (κ2) is 12.6. The number of hydrogen-bond acceptors (Lipinski definition) is 1. The first-order valence-corrected chi connectivity index (χ1v) is 20.8. The second-order valence-corrected chi connectivity index (χ2v) is 16.3. The Labute approximate surface area is 347 Å². The van der Waals surface area contributed by atoms with Crippen LogP contribution in [0.15, 0.2) is 223 Å². The van der Waals surface area contributed by atoms with E-state index in [0.717, 1.165) is 21.9 Å². The van der Waals surface area contributed by atoms with Gasteiger partial charge in [-0.15, -0.1) is 0 Å². The fraction of sp³-hybridized carbons (Fsp3) is 0.0169. The lowest BCUT2D eigenvalue weighted by Crippen LogP contribution is -2.29. The van der Waals surface area contributed by atoms with E-state index in [2.05, 4.69) is 212 Å². The molecule has 0 N–H and O–H groups in total. The summed E-state index contributed by atoms with van der Waals surface area (Å²) in [6.45, 7) is 0. The molecular weight excluding hydrogens is 725 g/mol. The van der Waals surface area contributed by atoms with Crippen LogP contribution >= 0.6 is 0 Å². The Morgan fingerprint density at radius 3 is 1.75 bits per heavy atom. The highest BCUT2D eigenvalue weighted by atomic mass is 16.3. The predicted octanol–water partition coefficient (Wildman–Crippen LogP) is 15.9. The van der Waals surface area contributed by atoms with Crippen molar-refractivity contribution in [3.8, 4) is 33.4 Å². The summed E-state index contributed by atoms with van der Waals surface area (Å²) in [7, 11) is 0. The lowest BCUT2D eigenvalue weighted by atomic mass is 9.66. The van der Waals surface area contributed by atoms with Gasteiger partial charge in [0.2, 0.25) is 0 Å². The van der Waals surface area contributed by atoms with E-state index in [1.54, 1.807) is 0 Å². The van der Waals surface area contributed by atoms with Crippen LogP contribution in [-0.2, 0) is 5.41 Å². The molecule has 1 heterocycles. The van der Waals surface area contributed by atoms with Gasteiger partial charge < -0.3 is 4.42 Å². The molecular formula is C59H36O. The van der Waals surface area contributed by atoms with Crippen molar-refractivity contribution >= 4 is 65.0 Å². The maximum absolute atomic E-state index is 6.26. The third-order valence-corrected chi connectivity index (χ3v) is 13.3. The van der Waals surface area contributed by atoms with Crippen LogP contribution in [-0.4, -0.2) is 0 Å². The van der Waals surface area contributed by atoms with Crippen LogP contribution < -0.4 is 0 Å². The fourth-order valence-corrected chi connectivity index (χ4v) is 10.8. The monoisotopic (exact) mass is 760 g/mol. The molecule has 0 spiro atoms. The van der Waals surface area contributed by atoms with Crippen LogP contribution in [0, 0.1) is 0 Å². The first-order chi connectivity index (χ1) is 29.8. The minimum Gasteiger partial charge on any atom is -0.456 e. The standard InChI is InChI=1S/C59H36O/c1-3-16-41(17-4-1)59(42-18-5-2-6-19-42)54-36-40(57-45-21-10-8-15-38(45)34-52-43-20-9-7-14-37(43)26-30-49(52)57)27-29-47(54)51-32-31-46-44(23-13-24-50(46)58(51)59)39-28-33-56-53(35-39)48-22-11-12-25-55(48)60-56/h1-36H. The molecule has 0 atom stereocenters. The van der Waals surface area contributed by atoms with Crippen molar-refractivity contribution in [3.63, 3.8) is 0 Å². The highest BCUT2D eigenvalue weighted by Gasteiger charge is 2.47. The summed E-state index contributed by atoms with van der Waals surface area (Å²) in [4.78, 5) is 0. The van der Waals surface area contributed by atoms with E-state index in [1.165, 1.54) is 98.7 Å². The number of benzene rings is 11. The van der Waals surface area contributed by atoms with Gasteiger partial charge in [-0.1, -0.05) is 188 Å². The highest BCUT2D eigenvalue weighted by Crippen LogP contribution is 2.59. The van der Waals surface area contributed by atoms with Gasteiger partial charge in [-0.2, -0.15) is 0 Å². The summed E-state index contributed by atoms with van der Waals surface area (Å²) in [5, 5.41) is 12.4. The van der Waals surface area contributed by atoms with E-state index in [1.807, 2.05) is 6.07 Å². The smallest absolute Gasteiger partial charge is 0.135 e. The van der Waals surface area contributed by atoms with Crippen molar-refractivity contribution in [1.82, 2.24) is 0 Å². The molecule has 11 aromatic carbocycles. The lowest BCUT2D eigenvalue weighted by Gasteiger charge is -2.35. The largest absolute Gasteiger partial charge is 0.456 e. The third-order valence-electron chi connectivity index (χ3n) is 13.3. The lowest BCUT2D eigenvalue weighted by molar-refractivity contribution is 0.669. The number of hydrogen-bond donors (Lipinski definition) is 0. The summed E-state index contributed by atoms with van der Waals surface area (Å²) in [6.07, 6.45) is 0. The van der Waals surface area contributed by atoms with Crippen LogP contribution in [0.25, 0.3) is 98.4 Å². The number of para-hydroxylation sites is 1. The molecule has 0 amide bonds. The molecule has 1 nitrogen and oxygen atoms in total. The SMILES string of the molecule is c1ccc(C2(c3ccccc3)c3cc(-c4c5ccccc5cc5c4ccc4ccccc45)ccc3-c3ccc4c(-c5ccc6oc7ccccc7c6c5)cccc4c32)cc1. The van der Waals surface area contributed by atoms with Gasteiger partial charge in [0, 0.05) is 10.8 Å². The van der Waals surface area contributed by atoms with Gasteiger partial charge in [0.1, 0.15) is 11.2 Å². The van der Waals surface area contributed by atoms with Crippen LogP contribution in [0.2, 0.25) is 0 Å². The molecule has 1 aromatic heterocycles. The molecule has 0 saturated heterocycles. The highest BCUT2D eigenvalue weighted by molar-refractivity contribution is 6.20. The predicted molar refractivity (Wildman–Crippen MR) is 252 cm³/mol. The minimum atomic E-state index is -0.598. The molecule has 0 fully saturated rings. The Morgan fingerprint density at radius 2 is 0.933 bits per heavy atom. The Kier molecular flexibility index (Phi) is 7.00. The summed E-state index contributed by atoms with van der Waals surface area (Å²) < 4.78 is 6.26. The number of rotatable bonds is 4. The second-order valence-electron chi connectivity index (χ2n) is 16.3. The first kappa shape index (κ1) is 33.3. The van der Waals surface area contributed by atoms with Gasteiger partial charge in [0.25, 0.3) is 0 Å². The molecule has 278 valence electrons. The maximum Gasteiger partial charge on any atom is 0.135 e. The zero-order chi connectivity index (χ0) is 39.4. The molecule has 1 aliphatic rings. The van der Waals surface area contributed by atoms with Crippen molar-refractivity contribution in [2.75, 3.05) is 0 Å². The number of furan rings is 1. The van der Waals surface area contributed by atoms with Crippen LogP contribution in [0.3, 0.4) is 0 Å². The van der Waals surface area contributed by atoms with E-state index < -0.39 is 5.41 Å². The van der Waals surface area contributed by atoms with E-state index in [-0.39, 0.29) is 0 Å². The molecule has 0 unspecified atom stereocenters. The zero-order valence-electron chi connectivity index (χ0n) is 32.7. The summed E-state index contributed by atoms with van der Waals surface area (Å²) in [5.74, 6) is 0. The van der Waals surface area contributed by atoms with Gasteiger partial charge in [-0.05, 0) is 129 Å². The van der Waals surface area contributed by atoms with Gasteiger partial charge in [0.15, 0.2) is 0 Å². The van der Waals surface area contributed by atoms with Gasteiger partial charge in [-0.25, -0.2) is 0 Å². The third kappa shape index (κ3) is 4.58. The fourth-order valence-electron chi connectivity index (χ4n) is 10.8. The van der Waals surface area contributed by atoms with Crippen LogP contribution in [0.4, 0.5) is 0 Å². The number of fused-ring (bicyclic) bond motifs is 12. The molecule has 12 aromatic rings. The molecule has 60 heavy (non-hydrogen) atoms. The quantitative estimate of drug-likeness (QED) is 0.129. The van der Waals surface area contributed by atoms with E-state index >= 15 is 0 Å². The zero-order valence-corrected chi connectivity index (χ0v) is 32.7. The summed E-state index contributed by atoms with van der Waals surface area (Å²) in [5.41, 5.74) is 13.8. The van der Waals surface area contributed by atoms with Crippen molar-refractivity contribution in [2.24, 2.45) is 0 Å². The molecule has 0 bridgehead atoms. The van der Waals surface area contributed by atoms with Crippen LogP contribution in [0.5, 0.6) is 0 Å². The first-order valence-electron chi connectivity index (χ1n) is 20.8. The molecule has 0 radical (unpaired) electrons. The normalized spacial score (nSPS) is 13.1. The Hall–Kier alpha value is -7.74. The molecule has 1 heteroatoms. The Balaban J connectivity index is 1.12. The average molecular weight is 761 g/mol. The summed E-state index contributed by atoms with van der Waals surface area (Å²) in [6, 6.07) is 81.0. The van der Waals surface area contributed by atoms with Crippen molar-refractivity contribution < 1.29 is 4.42 Å². The van der Waals surface area contributed by atoms with Crippen molar-refractivity contribution in [1.29, 1.82) is 0 Å². The van der Waals surface area contributed by atoms with E-state index in [0.29, 0.717) is 0 Å². The van der Waals surface area contributed by atoms with Crippen molar-refractivity contribution in [2.45, 2.75) is 5.41 Å². The maximum atomic E-state index is 6.26. The van der Waals surface area contributed by atoms with Gasteiger partial charge in [-0.3, -0.25) is 0 Å². The Bertz CT molecular complexity index is 3660. The molecule has 1 aliphatic carbocycles. The summed E-state index contributed by atoms with van der Waals surface area (Å²) >= 11 is 0. The van der Waals surface area contributed by atoms with Crippen LogP contribution in [0.1, 0.15) is 22.3 Å². The minimum absolute atomic E-state index is 0.598. The molecule has 0 aliphatic heterocycles. The van der Waals surface area contributed by atoms with E-state index in [4.69, 9.17) is 4.42 Å². The van der Waals surface area contributed by atoms with Crippen molar-refractivity contribution in [3.05, 3.63) is 241 Å².